The number of rotatable bonds is 2. The Morgan fingerprint density at radius 1 is 1.55 bits per heavy atom. The molecule has 66 valence electrons. The molecule has 11 heavy (non-hydrogen) atoms. The maximum Gasteiger partial charge on any atom is 0.403 e. The lowest BCUT2D eigenvalue weighted by Crippen LogP contribution is -2.43. The molecule has 3 N–H and O–H groups in total. The van der Waals surface area contributed by atoms with E-state index >= 15 is 0 Å². The molecule has 0 fully saturated rings. The summed E-state index contributed by atoms with van der Waals surface area (Å²) in [5, 5.41) is 8.08. The molecule has 0 aromatic carbocycles. The Hall–Kier alpha value is -0.780. The Morgan fingerprint density at radius 2 is 1.91 bits per heavy atom. The van der Waals surface area contributed by atoms with Crippen molar-refractivity contribution >= 4 is 5.97 Å². The SMILES string of the molecule is C[C@H](N)[C@@H](C(=O)O)C(F)(F)F. The first kappa shape index (κ1) is 10.2. The molecule has 0 aliphatic carbocycles. The van der Waals surface area contributed by atoms with Gasteiger partial charge >= 0.3 is 12.1 Å². The third-order valence-electron chi connectivity index (χ3n) is 1.14. The lowest BCUT2D eigenvalue weighted by molar-refractivity contribution is -0.196. The van der Waals surface area contributed by atoms with Gasteiger partial charge in [0.2, 0.25) is 0 Å². The summed E-state index contributed by atoms with van der Waals surface area (Å²) in [6.45, 7) is 1.01. The number of carbonyl (C=O) groups is 1. The van der Waals surface area contributed by atoms with E-state index in [1.807, 2.05) is 0 Å². The summed E-state index contributed by atoms with van der Waals surface area (Å²) >= 11 is 0. The zero-order valence-corrected chi connectivity index (χ0v) is 5.72. The number of halogens is 3. The highest BCUT2D eigenvalue weighted by Crippen LogP contribution is 2.28. The summed E-state index contributed by atoms with van der Waals surface area (Å²) < 4.78 is 35.3. The van der Waals surface area contributed by atoms with Gasteiger partial charge in [0, 0.05) is 6.04 Å². The second kappa shape index (κ2) is 3.08. The van der Waals surface area contributed by atoms with Crippen LogP contribution in [0.4, 0.5) is 13.2 Å². The highest BCUT2D eigenvalue weighted by molar-refractivity contribution is 5.71. The van der Waals surface area contributed by atoms with Gasteiger partial charge in [0.15, 0.2) is 5.92 Å². The number of hydrogen-bond acceptors (Lipinski definition) is 2. The molecule has 0 saturated carbocycles. The van der Waals surface area contributed by atoms with Crippen LogP contribution >= 0.6 is 0 Å². The maximum atomic E-state index is 11.8. The molecule has 0 saturated heterocycles. The van der Waals surface area contributed by atoms with Crippen LogP contribution in [0.15, 0.2) is 0 Å². The molecule has 3 nitrogen and oxygen atoms in total. The van der Waals surface area contributed by atoms with Crippen molar-refractivity contribution in [1.29, 1.82) is 0 Å². The monoisotopic (exact) mass is 171 g/mol. The molecule has 0 unspecified atom stereocenters. The summed E-state index contributed by atoms with van der Waals surface area (Å²) in [5.41, 5.74) is 4.82. The van der Waals surface area contributed by atoms with Crippen molar-refractivity contribution in [3.8, 4) is 0 Å². The van der Waals surface area contributed by atoms with E-state index < -0.39 is 24.1 Å². The number of nitrogens with two attached hydrogens (primary N) is 1. The summed E-state index contributed by atoms with van der Waals surface area (Å²) in [7, 11) is 0. The number of alkyl halides is 3. The van der Waals surface area contributed by atoms with Crippen LogP contribution in [0, 0.1) is 5.92 Å². The van der Waals surface area contributed by atoms with Crippen LogP contribution in [0.3, 0.4) is 0 Å². The zero-order valence-electron chi connectivity index (χ0n) is 5.72. The molecular formula is C5H8F3NO2. The van der Waals surface area contributed by atoms with Gasteiger partial charge in [-0.15, -0.1) is 0 Å². The number of carboxylic acids is 1. The van der Waals surface area contributed by atoms with Gasteiger partial charge in [0.25, 0.3) is 0 Å². The van der Waals surface area contributed by atoms with Crippen molar-refractivity contribution in [2.75, 3.05) is 0 Å². The Balaban J connectivity index is 4.49. The Kier molecular flexibility index (Phi) is 2.86. The Morgan fingerprint density at radius 3 is 1.91 bits per heavy atom. The fourth-order valence-corrected chi connectivity index (χ4v) is 0.663. The van der Waals surface area contributed by atoms with Crippen LogP contribution < -0.4 is 5.73 Å². The van der Waals surface area contributed by atoms with Crippen molar-refractivity contribution in [2.24, 2.45) is 11.7 Å². The van der Waals surface area contributed by atoms with E-state index in [2.05, 4.69) is 0 Å². The van der Waals surface area contributed by atoms with E-state index in [-0.39, 0.29) is 0 Å². The van der Waals surface area contributed by atoms with Gasteiger partial charge in [0.1, 0.15) is 0 Å². The largest absolute Gasteiger partial charge is 0.481 e. The lowest BCUT2D eigenvalue weighted by Gasteiger charge is -2.18. The summed E-state index contributed by atoms with van der Waals surface area (Å²) in [6, 6.07) is -1.42. The number of aliphatic carboxylic acids is 1. The average Bonchev–Trinajstić information content (AvgIpc) is 1.54. The third-order valence-corrected chi connectivity index (χ3v) is 1.14. The molecular weight excluding hydrogens is 163 g/mol. The molecule has 0 heterocycles. The molecule has 6 heteroatoms. The van der Waals surface area contributed by atoms with Gasteiger partial charge in [-0.25, -0.2) is 0 Å². The van der Waals surface area contributed by atoms with Crippen molar-refractivity contribution in [2.45, 2.75) is 19.1 Å². The van der Waals surface area contributed by atoms with E-state index in [1.54, 1.807) is 0 Å². The third kappa shape index (κ3) is 2.75. The molecule has 0 spiro atoms. The molecule has 0 radical (unpaired) electrons. The highest BCUT2D eigenvalue weighted by Gasteiger charge is 2.47. The van der Waals surface area contributed by atoms with E-state index in [0.717, 1.165) is 6.92 Å². The van der Waals surface area contributed by atoms with Crippen LogP contribution in [0.1, 0.15) is 6.92 Å². The molecule has 0 aliphatic heterocycles. The van der Waals surface area contributed by atoms with Crippen LogP contribution in [-0.2, 0) is 4.79 Å². The first-order valence-corrected chi connectivity index (χ1v) is 2.82. The van der Waals surface area contributed by atoms with E-state index in [1.165, 1.54) is 0 Å². The fraction of sp³-hybridized carbons (Fsp3) is 0.800. The predicted molar refractivity (Wildman–Crippen MR) is 30.8 cm³/mol. The van der Waals surface area contributed by atoms with E-state index in [9.17, 15) is 18.0 Å². The first-order valence-electron chi connectivity index (χ1n) is 2.82. The van der Waals surface area contributed by atoms with Crippen LogP contribution in [0.25, 0.3) is 0 Å². The van der Waals surface area contributed by atoms with E-state index in [0.29, 0.717) is 0 Å². The smallest absolute Gasteiger partial charge is 0.403 e. The molecule has 0 aliphatic rings. The maximum absolute atomic E-state index is 11.8. The lowest BCUT2D eigenvalue weighted by atomic mass is 10.0. The fourth-order valence-electron chi connectivity index (χ4n) is 0.663. The predicted octanol–water partition coefficient (Wildman–Crippen LogP) is 0.597. The minimum atomic E-state index is -4.76. The standard InChI is InChI=1S/C5H8F3NO2/c1-2(9)3(4(10)11)5(6,7)8/h2-3H,9H2,1H3,(H,10,11)/t2-,3-/m0/s1. The Bertz CT molecular complexity index is 154. The van der Waals surface area contributed by atoms with Gasteiger partial charge < -0.3 is 10.8 Å². The topological polar surface area (TPSA) is 63.3 Å². The van der Waals surface area contributed by atoms with Gasteiger partial charge in [-0.1, -0.05) is 0 Å². The molecule has 0 bridgehead atoms. The summed E-state index contributed by atoms with van der Waals surface area (Å²) in [4.78, 5) is 9.99. The second-order valence-electron chi connectivity index (χ2n) is 2.22. The normalized spacial score (nSPS) is 17.5. The van der Waals surface area contributed by atoms with Crippen molar-refractivity contribution < 1.29 is 23.1 Å². The molecule has 0 amide bonds. The molecule has 2 atom stereocenters. The minimum Gasteiger partial charge on any atom is -0.481 e. The first-order chi connectivity index (χ1) is 4.76. The highest BCUT2D eigenvalue weighted by atomic mass is 19.4. The summed E-state index contributed by atoms with van der Waals surface area (Å²) in [5.74, 6) is -4.41. The minimum absolute atomic E-state index is 1.01. The van der Waals surface area contributed by atoms with Crippen LogP contribution in [-0.4, -0.2) is 23.3 Å². The number of carboxylic acid groups (broad SMARTS) is 1. The zero-order chi connectivity index (χ0) is 9.23. The molecule has 0 aromatic rings. The van der Waals surface area contributed by atoms with Gasteiger partial charge in [-0.05, 0) is 6.92 Å². The van der Waals surface area contributed by atoms with Crippen LogP contribution in [0.5, 0.6) is 0 Å². The van der Waals surface area contributed by atoms with Crippen LogP contribution in [0.2, 0.25) is 0 Å². The second-order valence-corrected chi connectivity index (χ2v) is 2.22. The van der Waals surface area contributed by atoms with E-state index in [4.69, 9.17) is 10.8 Å². The van der Waals surface area contributed by atoms with Gasteiger partial charge in [-0.2, -0.15) is 13.2 Å². The van der Waals surface area contributed by atoms with Gasteiger partial charge in [-0.3, -0.25) is 4.79 Å². The van der Waals surface area contributed by atoms with Crippen molar-refractivity contribution in [3.05, 3.63) is 0 Å². The number of hydrogen-bond donors (Lipinski definition) is 2. The van der Waals surface area contributed by atoms with Crippen molar-refractivity contribution in [3.63, 3.8) is 0 Å². The summed E-state index contributed by atoms with van der Waals surface area (Å²) in [6.07, 6.45) is -4.76. The molecule has 0 aromatic heterocycles. The molecule has 0 rings (SSSR count). The van der Waals surface area contributed by atoms with Gasteiger partial charge in [0.05, 0.1) is 0 Å². The Labute approximate surface area is 61.0 Å². The average molecular weight is 171 g/mol. The van der Waals surface area contributed by atoms with Crippen molar-refractivity contribution in [1.82, 2.24) is 0 Å². The quantitative estimate of drug-likeness (QED) is 0.639.